The fourth-order valence-corrected chi connectivity index (χ4v) is 9.08. The van der Waals surface area contributed by atoms with Gasteiger partial charge in [-0.2, -0.15) is 0 Å². The zero-order valence-corrected chi connectivity index (χ0v) is 32.4. The van der Waals surface area contributed by atoms with Crippen LogP contribution in [0.1, 0.15) is 55.6 Å². The fraction of sp³-hybridized carbons (Fsp3) is 0.192. The van der Waals surface area contributed by atoms with Crippen molar-refractivity contribution in [1.29, 1.82) is 0 Å². The molecule has 0 unspecified atom stereocenters. The van der Waals surface area contributed by atoms with E-state index in [-0.39, 0.29) is 0 Å². The van der Waals surface area contributed by atoms with E-state index in [4.69, 9.17) is 0 Å². The Balaban J connectivity index is 1.34. The third kappa shape index (κ3) is 4.95. The Morgan fingerprint density at radius 3 is 0.596 bits per heavy atom. The molecule has 0 heterocycles. The predicted molar refractivity (Wildman–Crippen MR) is 228 cm³/mol. The first kappa shape index (κ1) is 33.7. The molecule has 256 valence electrons. The second-order valence-corrected chi connectivity index (χ2v) is 15.1. The number of benzene rings is 8. The highest BCUT2D eigenvalue weighted by atomic mass is 14.2. The van der Waals surface area contributed by atoms with Gasteiger partial charge in [0.1, 0.15) is 0 Å². The van der Waals surface area contributed by atoms with Crippen LogP contribution in [0.2, 0.25) is 0 Å². The zero-order valence-electron chi connectivity index (χ0n) is 32.4. The highest BCUT2D eigenvalue weighted by molar-refractivity contribution is 6.15. The minimum Gasteiger partial charge on any atom is -0.0616 e. The molecular formula is C52H48. The molecule has 0 atom stereocenters. The van der Waals surface area contributed by atoms with Crippen LogP contribution in [0, 0.1) is 69.2 Å². The standard InChI is InChI=1S/C52H48/c1-29-31(3)35(7)51(36(8)32(29)4)49-27-25-47(41-19-13-15-21-43(41)49)45-23-24-46(40-18-12-11-17-39(40)45)48-26-28-50(44-22-16-14-20-42(44)48)52-37(9)33(5)30(2)34(6)38(52)10/h11-28H,1-10H3. The van der Waals surface area contributed by atoms with E-state index in [0.717, 1.165) is 0 Å². The number of fused-ring (bicyclic) bond motifs is 3. The Morgan fingerprint density at radius 2 is 0.365 bits per heavy atom. The zero-order chi connectivity index (χ0) is 36.6. The van der Waals surface area contributed by atoms with E-state index in [1.807, 2.05) is 0 Å². The number of hydrogen-bond acceptors (Lipinski definition) is 0. The third-order valence-corrected chi connectivity index (χ3v) is 12.9. The summed E-state index contributed by atoms with van der Waals surface area (Å²) in [4.78, 5) is 0. The molecule has 0 saturated carbocycles. The molecule has 0 radical (unpaired) electrons. The van der Waals surface area contributed by atoms with Crippen molar-refractivity contribution >= 4 is 32.3 Å². The number of rotatable bonds is 4. The van der Waals surface area contributed by atoms with E-state index in [0.29, 0.717) is 0 Å². The average molecular weight is 673 g/mol. The van der Waals surface area contributed by atoms with Gasteiger partial charge in [0.2, 0.25) is 0 Å². The first-order chi connectivity index (χ1) is 25.0. The molecule has 0 heteroatoms. The molecule has 8 aromatic rings. The average Bonchev–Trinajstić information content (AvgIpc) is 3.17. The van der Waals surface area contributed by atoms with Crippen molar-refractivity contribution < 1.29 is 0 Å². The predicted octanol–water partition coefficient (Wildman–Crippen LogP) is 14.9. The van der Waals surface area contributed by atoms with Gasteiger partial charge in [-0.05, 0) is 202 Å². The molecule has 0 saturated heterocycles. The summed E-state index contributed by atoms with van der Waals surface area (Å²) < 4.78 is 0. The first-order valence-electron chi connectivity index (χ1n) is 18.7. The Kier molecular flexibility index (Phi) is 8.19. The fourth-order valence-electron chi connectivity index (χ4n) is 9.08. The van der Waals surface area contributed by atoms with Crippen molar-refractivity contribution in [2.24, 2.45) is 0 Å². The molecule has 0 aromatic heterocycles. The molecule has 0 aliphatic rings. The summed E-state index contributed by atoms with van der Waals surface area (Å²) in [7, 11) is 0. The van der Waals surface area contributed by atoms with Gasteiger partial charge in [-0.3, -0.25) is 0 Å². The van der Waals surface area contributed by atoms with Gasteiger partial charge < -0.3 is 0 Å². The molecule has 0 N–H and O–H groups in total. The summed E-state index contributed by atoms with van der Waals surface area (Å²) in [6, 6.07) is 41.1. The Bertz CT molecular complexity index is 2520. The molecule has 0 bridgehead atoms. The second-order valence-electron chi connectivity index (χ2n) is 15.1. The minimum absolute atomic E-state index is 1.27. The molecule has 0 fully saturated rings. The Hall–Kier alpha value is -5.46. The lowest BCUT2D eigenvalue weighted by Gasteiger charge is -2.22. The Labute approximate surface area is 309 Å². The van der Waals surface area contributed by atoms with Crippen molar-refractivity contribution in [3.63, 3.8) is 0 Å². The van der Waals surface area contributed by atoms with Crippen molar-refractivity contribution in [3.8, 4) is 44.5 Å². The van der Waals surface area contributed by atoms with E-state index in [9.17, 15) is 0 Å². The first-order valence-corrected chi connectivity index (χ1v) is 18.7. The number of hydrogen-bond donors (Lipinski definition) is 0. The topological polar surface area (TPSA) is 0 Å². The largest absolute Gasteiger partial charge is 0.0616 e. The Morgan fingerprint density at radius 1 is 0.192 bits per heavy atom. The molecule has 0 spiro atoms. The molecule has 52 heavy (non-hydrogen) atoms. The molecular weight excluding hydrogens is 625 g/mol. The van der Waals surface area contributed by atoms with Crippen LogP contribution in [-0.4, -0.2) is 0 Å². The van der Waals surface area contributed by atoms with Gasteiger partial charge in [-0.25, -0.2) is 0 Å². The highest BCUT2D eigenvalue weighted by Gasteiger charge is 2.21. The van der Waals surface area contributed by atoms with Crippen LogP contribution in [-0.2, 0) is 0 Å². The van der Waals surface area contributed by atoms with Crippen molar-refractivity contribution in [3.05, 3.63) is 165 Å². The lowest BCUT2D eigenvalue weighted by Crippen LogP contribution is -2.00. The third-order valence-electron chi connectivity index (χ3n) is 12.9. The molecule has 0 aliphatic heterocycles. The molecule has 0 aliphatic carbocycles. The van der Waals surface area contributed by atoms with Gasteiger partial charge in [0.15, 0.2) is 0 Å². The summed E-state index contributed by atoms with van der Waals surface area (Å²) in [5, 5.41) is 7.73. The quantitative estimate of drug-likeness (QED) is 0.175. The van der Waals surface area contributed by atoms with E-state index in [1.165, 1.54) is 132 Å². The van der Waals surface area contributed by atoms with Gasteiger partial charge >= 0.3 is 0 Å². The summed E-state index contributed by atoms with van der Waals surface area (Å²) in [6.45, 7) is 22.8. The van der Waals surface area contributed by atoms with Crippen LogP contribution in [0.25, 0.3) is 76.8 Å². The lowest BCUT2D eigenvalue weighted by molar-refractivity contribution is 1.18. The van der Waals surface area contributed by atoms with Crippen LogP contribution < -0.4 is 0 Å². The van der Waals surface area contributed by atoms with E-state index < -0.39 is 0 Å². The highest BCUT2D eigenvalue weighted by Crippen LogP contribution is 2.46. The van der Waals surface area contributed by atoms with E-state index >= 15 is 0 Å². The van der Waals surface area contributed by atoms with Crippen LogP contribution in [0.4, 0.5) is 0 Å². The SMILES string of the molecule is Cc1c(C)c(C)c(-c2ccc(-c3ccc(-c4ccc(-c5c(C)c(C)c(C)c(C)c5C)c5ccccc45)c4ccccc34)c3ccccc23)c(C)c1C. The van der Waals surface area contributed by atoms with E-state index in [1.54, 1.807) is 0 Å². The molecule has 8 aromatic carbocycles. The van der Waals surface area contributed by atoms with Gasteiger partial charge in [0, 0.05) is 0 Å². The van der Waals surface area contributed by atoms with E-state index in [2.05, 4.69) is 178 Å². The monoisotopic (exact) mass is 672 g/mol. The van der Waals surface area contributed by atoms with Crippen molar-refractivity contribution in [1.82, 2.24) is 0 Å². The maximum atomic E-state index is 2.37. The smallest absolute Gasteiger partial charge is 0.00987 e. The minimum atomic E-state index is 1.27. The van der Waals surface area contributed by atoms with Crippen LogP contribution in [0.3, 0.4) is 0 Å². The van der Waals surface area contributed by atoms with Gasteiger partial charge in [-0.1, -0.05) is 109 Å². The maximum absolute atomic E-state index is 2.37. The van der Waals surface area contributed by atoms with Gasteiger partial charge in [0.25, 0.3) is 0 Å². The van der Waals surface area contributed by atoms with Gasteiger partial charge in [-0.15, -0.1) is 0 Å². The van der Waals surface area contributed by atoms with Crippen molar-refractivity contribution in [2.75, 3.05) is 0 Å². The van der Waals surface area contributed by atoms with Crippen molar-refractivity contribution in [2.45, 2.75) is 69.2 Å². The van der Waals surface area contributed by atoms with Gasteiger partial charge in [0.05, 0.1) is 0 Å². The van der Waals surface area contributed by atoms with Crippen LogP contribution >= 0.6 is 0 Å². The summed E-state index contributed by atoms with van der Waals surface area (Å²) in [5.41, 5.74) is 24.4. The maximum Gasteiger partial charge on any atom is -0.00987 e. The normalized spacial score (nSPS) is 11.7. The lowest BCUT2D eigenvalue weighted by atomic mass is 9.82. The molecule has 0 amide bonds. The van der Waals surface area contributed by atoms with Crippen LogP contribution in [0.15, 0.2) is 109 Å². The summed E-state index contributed by atoms with van der Waals surface area (Å²) in [6.07, 6.45) is 0. The summed E-state index contributed by atoms with van der Waals surface area (Å²) in [5.74, 6) is 0. The molecule has 0 nitrogen and oxygen atoms in total. The second kappa shape index (κ2) is 12.6. The van der Waals surface area contributed by atoms with Crippen LogP contribution in [0.5, 0.6) is 0 Å². The molecule has 8 rings (SSSR count). The summed E-state index contributed by atoms with van der Waals surface area (Å²) >= 11 is 0.